The number of amides is 2. The zero-order chi connectivity index (χ0) is 32.7. The fourth-order valence-electron chi connectivity index (χ4n) is 6.01. The quantitative estimate of drug-likeness (QED) is 0.121. The second-order valence-electron chi connectivity index (χ2n) is 11.0. The van der Waals surface area contributed by atoms with Gasteiger partial charge in [-0.25, -0.2) is 0 Å². The number of guanidine groups is 2. The number of nitrogens with one attached hydrogen (secondary N) is 2. The van der Waals surface area contributed by atoms with Crippen LogP contribution in [0.2, 0.25) is 0 Å². The van der Waals surface area contributed by atoms with Crippen LogP contribution in [0, 0.1) is 0 Å². The molecule has 0 aliphatic carbocycles. The Kier molecular flexibility index (Phi) is 7.79. The molecular weight excluding hydrogens is 666 g/mol. The number of carbonyl (C=O) groups is 2. The average molecular weight is 696 g/mol. The second kappa shape index (κ2) is 11.3. The molecule has 24 nitrogen and oxygen atoms in total. The number of nitrogens with zero attached hydrogens (tertiary/aromatic N) is 6. The molecule has 0 aromatic rings. The van der Waals surface area contributed by atoms with E-state index < -0.39 is 115 Å². The molecule has 13 atom stereocenters. The van der Waals surface area contributed by atoms with Crippen molar-refractivity contribution >= 4 is 52.4 Å². The number of aliphatic hydroxyl groups is 2. The Morgan fingerprint density at radius 3 is 1.91 bits per heavy atom. The standard InChI is InChI=1S/C20H30N10O14P2/c21-19-25-13-7(15(33)27-19)23-3-29(13)17-9(31)11-5(41-17)1-39-45(35,36)44-12-6(2-40-46(37,38)43-11)42-18(10(12)32)30-4-24-8-14(30)26-20(22)28-16(8)34/h3-14,17-18,31-32,35-36,45H,1-2H2,(H,37,38)(H3,21,25,27,33)(H3,22,26,28,34)/t5?,6?,7?,8?,9-,10-,11-,12-,13?,14?,17-,18-/m1/s1. The number of ether oxygens (including phenoxy) is 2. The first kappa shape index (κ1) is 31.6. The SMILES string of the molecule is NC1=NC2C(N=CN2[C@@H]2OC3CO[PH](O)(O)O[C@@H]4C(COP(=O)(O)O[C@H]3[C@H]2O)O[C@@H](N2C=NC3C(=O)NC(N)=NC32)[C@@H]4O)C(=O)N1. The molecule has 7 heterocycles. The molecule has 0 saturated carbocycles. The molecule has 11 N–H and O–H groups in total. The summed E-state index contributed by atoms with van der Waals surface area (Å²) in [5.41, 5.74) is 11.3. The van der Waals surface area contributed by atoms with Crippen LogP contribution in [0.3, 0.4) is 0 Å². The summed E-state index contributed by atoms with van der Waals surface area (Å²) in [4.78, 5) is 75.5. The molecule has 26 heteroatoms. The molecule has 3 fully saturated rings. The molecule has 3 saturated heterocycles. The number of rotatable bonds is 2. The Labute approximate surface area is 257 Å². The van der Waals surface area contributed by atoms with Gasteiger partial charge in [-0.05, 0) is 0 Å². The van der Waals surface area contributed by atoms with Crippen LogP contribution in [0.1, 0.15) is 0 Å². The van der Waals surface area contributed by atoms with Crippen LogP contribution in [0.5, 0.6) is 0 Å². The predicted octanol–water partition coefficient (Wildman–Crippen LogP) is -6.56. The molecule has 0 aromatic carbocycles. The summed E-state index contributed by atoms with van der Waals surface area (Å²) >= 11 is 0. The van der Waals surface area contributed by atoms with Crippen molar-refractivity contribution in [2.24, 2.45) is 31.4 Å². The van der Waals surface area contributed by atoms with Gasteiger partial charge in [-0.15, -0.1) is 0 Å². The fourth-order valence-corrected chi connectivity index (χ4v) is 8.07. The molecule has 7 aliphatic heterocycles. The van der Waals surface area contributed by atoms with E-state index >= 15 is 0 Å². The van der Waals surface area contributed by atoms with Crippen LogP contribution in [0.4, 0.5) is 0 Å². The predicted molar refractivity (Wildman–Crippen MR) is 149 cm³/mol. The van der Waals surface area contributed by atoms with E-state index in [2.05, 4.69) is 30.6 Å². The van der Waals surface area contributed by atoms with Crippen molar-refractivity contribution in [3.05, 3.63) is 0 Å². The van der Waals surface area contributed by atoms with Crippen molar-refractivity contribution in [3.63, 3.8) is 0 Å². The van der Waals surface area contributed by atoms with Gasteiger partial charge in [0.1, 0.15) is 0 Å². The minimum atomic E-state index is -5.18. The van der Waals surface area contributed by atoms with Gasteiger partial charge >= 0.3 is 258 Å². The van der Waals surface area contributed by atoms with E-state index in [1.165, 1.54) is 22.5 Å². The topological polar surface area (TPSA) is 340 Å². The van der Waals surface area contributed by atoms with Crippen molar-refractivity contribution in [1.82, 2.24) is 20.4 Å². The first-order valence-corrected chi connectivity index (χ1v) is 16.9. The Morgan fingerprint density at radius 2 is 1.37 bits per heavy atom. The number of fused-ring (bicyclic) bond motifs is 4. The number of hydrogen-bond acceptors (Lipinski definition) is 21. The number of hydrogen-bond donors (Lipinski definition) is 9. The van der Waals surface area contributed by atoms with Gasteiger partial charge in [-0.3, -0.25) is 0 Å². The third-order valence-corrected chi connectivity index (χ3v) is 10.2. The normalized spacial score (nSPS) is 47.3. The summed E-state index contributed by atoms with van der Waals surface area (Å²) in [7, 11) is -10.2. The molecule has 0 spiro atoms. The molecule has 2 amide bonds. The van der Waals surface area contributed by atoms with Gasteiger partial charge in [0.2, 0.25) is 0 Å². The maximum absolute atomic E-state index is 13.1. The summed E-state index contributed by atoms with van der Waals surface area (Å²) in [5, 5.41) is 27.0. The Hall–Kier alpha value is -2.96. The van der Waals surface area contributed by atoms with Gasteiger partial charge in [0.25, 0.3) is 0 Å². The summed E-state index contributed by atoms with van der Waals surface area (Å²) in [6.07, 6.45) is -12.1. The van der Waals surface area contributed by atoms with Crippen LogP contribution in [-0.2, 0) is 41.7 Å². The number of aliphatic imine (C=N–C) groups is 4. The molecule has 0 radical (unpaired) electrons. The molecule has 0 aromatic heterocycles. The van der Waals surface area contributed by atoms with Crippen molar-refractivity contribution in [3.8, 4) is 0 Å². The Balaban J connectivity index is 1.10. The zero-order valence-corrected chi connectivity index (χ0v) is 25.1. The number of phosphoric ester groups is 1. The third kappa shape index (κ3) is 5.53. The minimum absolute atomic E-state index is 0.209. The number of phosphoric acid groups is 1. The van der Waals surface area contributed by atoms with Crippen LogP contribution in [0.15, 0.2) is 20.0 Å². The molecule has 7 rings (SSSR count). The Bertz CT molecular complexity index is 1470. The van der Waals surface area contributed by atoms with Crippen LogP contribution < -0.4 is 22.1 Å². The van der Waals surface area contributed by atoms with E-state index in [0.717, 1.165) is 0 Å². The zero-order valence-electron chi connectivity index (χ0n) is 23.2. The van der Waals surface area contributed by atoms with E-state index in [1.807, 2.05) is 0 Å². The van der Waals surface area contributed by atoms with Crippen molar-refractivity contribution in [2.75, 3.05) is 13.2 Å². The number of aliphatic hydroxyl groups excluding tert-OH is 2. The van der Waals surface area contributed by atoms with Crippen molar-refractivity contribution < 1.29 is 66.6 Å². The van der Waals surface area contributed by atoms with Crippen LogP contribution >= 0.6 is 16.0 Å². The van der Waals surface area contributed by atoms with E-state index in [4.69, 9.17) is 39.0 Å². The van der Waals surface area contributed by atoms with Gasteiger partial charge in [0, 0.05) is 0 Å². The average Bonchev–Trinajstić information content (AvgIpc) is 3.72. The molecular formula is C20H30N10O14P2. The van der Waals surface area contributed by atoms with Crippen molar-refractivity contribution in [2.45, 2.75) is 73.5 Å². The summed E-state index contributed by atoms with van der Waals surface area (Å²) < 4.78 is 45.9. The maximum atomic E-state index is 13.1. The monoisotopic (exact) mass is 696 g/mol. The van der Waals surface area contributed by atoms with Gasteiger partial charge in [-0.1, -0.05) is 0 Å². The number of carbonyl (C=O) groups excluding carboxylic acids is 2. The van der Waals surface area contributed by atoms with E-state index in [9.17, 15) is 39.0 Å². The first-order valence-electron chi connectivity index (χ1n) is 13.7. The first-order chi connectivity index (χ1) is 21.7. The second-order valence-corrected chi connectivity index (χ2v) is 14.1. The fraction of sp³-hybridized carbons (Fsp3) is 0.700. The molecule has 7 unspecified atom stereocenters. The van der Waals surface area contributed by atoms with Gasteiger partial charge in [0.05, 0.1) is 0 Å². The summed E-state index contributed by atoms with van der Waals surface area (Å²) in [6, 6.07) is -2.06. The third-order valence-electron chi connectivity index (χ3n) is 8.07. The summed E-state index contributed by atoms with van der Waals surface area (Å²) in [6.45, 7) is -1.59. The van der Waals surface area contributed by atoms with E-state index in [0.29, 0.717) is 0 Å². The molecule has 46 heavy (non-hydrogen) atoms. The van der Waals surface area contributed by atoms with Crippen molar-refractivity contribution in [1.29, 1.82) is 0 Å². The Morgan fingerprint density at radius 1 is 0.870 bits per heavy atom. The molecule has 7 aliphatic rings. The molecule has 254 valence electrons. The number of nitrogens with two attached hydrogens (primary N) is 2. The summed E-state index contributed by atoms with van der Waals surface area (Å²) in [5.74, 6) is -1.54. The molecule has 0 bridgehead atoms. The van der Waals surface area contributed by atoms with Gasteiger partial charge < -0.3 is 0 Å². The van der Waals surface area contributed by atoms with E-state index in [-0.39, 0.29) is 11.9 Å². The van der Waals surface area contributed by atoms with Crippen LogP contribution in [-0.4, -0.2) is 158 Å². The van der Waals surface area contributed by atoms with Crippen LogP contribution in [0.25, 0.3) is 0 Å². The van der Waals surface area contributed by atoms with Gasteiger partial charge in [-0.2, -0.15) is 0 Å². The van der Waals surface area contributed by atoms with E-state index in [1.54, 1.807) is 0 Å². The van der Waals surface area contributed by atoms with Gasteiger partial charge in [0.15, 0.2) is 0 Å².